The molecule has 3 aliphatic heterocycles. The van der Waals surface area contributed by atoms with E-state index in [1.165, 1.54) is 12.1 Å². The number of nitrogens with one attached hydrogen (secondary N) is 1. The highest BCUT2D eigenvalue weighted by atomic mass is 19.4. The predicted octanol–water partition coefficient (Wildman–Crippen LogP) is 3.85. The molecule has 4 heterocycles. The molecule has 0 radical (unpaired) electrons. The summed E-state index contributed by atoms with van der Waals surface area (Å²) >= 11 is 0. The molecule has 1 saturated carbocycles. The zero-order valence-electron chi connectivity index (χ0n) is 21.6. The third-order valence-electron chi connectivity index (χ3n) is 8.63. The lowest BCUT2D eigenvalue weighted by atomic mass is 9.93. The fourth-order valence-electron chi connectivity index (χ4n) is 6.42. The fraction of sp³-hybridized carbons (Fsp3) is 0.571. The number of hydrogen-bond donors (Lipinski definition) is 1. The summed E-state index contributed by atoms with van der Waals surface area (Å²) in [4.78, 5) is 41.4. The number of carbonyl (C=O) groups is 3. The summed E-state index contributed by atoms with van der Waals surface area (Å²) in [5.41, 5.74) is 1.09. The van der Waals surface area contributed by atoms with E-state index in [-0.39, 0.29) is 47.7 Å². The number of alkyl halides is 3. The Morgan fingerprint density at radius 2 is 1.64 bits per heavy atom. The zero-order chi connectivity index (χ0) is 27.3. The summed E-state index contributed by atoms with van der Waals surface area (Å²) in [6.45, 7) is 1.79. The maximum Gasteiger partial charge on any atom is 0.416 e. The molecule has 4 fully saturated rings. The van der Waals surface area contributed by atoms with Gasteiger partial charge in [-0.1, -0.05) is 18.2 Å². The van der Waals surface area contributed by atoms with E-state index in [1.54, 1.807) is 17.2 Å². The molecule has 3 amide bonds. The Hall–Kier alpha value is -3.37. The van der Waals surface area contributed by atoms with Gasteiger partial charge in [-0.05, 0) is 50.2 Å². The largest absolute Gasteiger partial charge is 0.416 e. The molecule has 0 bridgehead atoms. The number of likely N-dealkylation sites (tertiary alicyclic amines) is 2. The van der Waals surface area contributed by atoms with Gasteiger partial charge in [0.1, 0.15) is 6.04 Å². The van der Waals surface area contributed by atoms with Crippen LogP contribution in [0.4, 0.5) is 13.2 Å². The molecule has 1 N–H and O–H groups in total. The van der Waals surface area contributed by atoms with Crippen molar-refractivity contribution in [1.29, 1.82) is 0 Å². The van der Waals surface area contributed by atoms with Crippen LogP contribution in [0, 0.1) is 0 Å². The fourth-order valence-corrected chi connectivity index (χ4v) is 6.42. The minimum absolute atomic E-state index is 0.0336. The van der Waals surface area contributed by atoms with Gasteiger partial charge in [-0.25, -0.2) is 0 Å². The molecule has 208 valence electrons. The summed E-state index contributed by atoms with van der Waals surface area (Å²) in [5, 5.41) is 7.38. The SMILES string of the molecule is O=C1CC[C@@H](C(=O)N2CCC(n3ncc(C(=O)N4CC[C@@H](c5ccccc5C(F)(F)F)C4)c3C3CC3)CC2)N1. The van der Waals surface area contributed by atoms with Crippen molar-refractivity contribution >= 4 is 17.7 Å². The quantitative estimate of drug-likeness (QED) is 0.621. The summed E-state index contributed by atoms with van der Waals surface area (Å²) in [5.74, 6) is -0.393. The van der Waals surface area contributed by atoms with Gasteiger partial charge in [-0.2, -0.15) is 18.3 Å². The summed E-state index contributed by atoms with van der Waals surface area (Å²) in [6, 6.07) is 5.28. The van der Waals surface area contributed by atoms with Crippen LogP contribution in [0.2, 0.25) is 0 Å². The van der Waals surface area contributed by atoms with Crippen LogP contribution < -0.4 is 5.32 Å². The van der Waals surface area contributed by atoms with Gasteiger partial charge in [-0.15, -0.1) is 0 Å². The average molecular weight is 544 g/mol. The third-order valence-corrected chi connectivity index (χ3v) is 8.63. The third kappa shape index (κ3) is 5.03. The second-order valence-corrected chi connectivity index (χ2v) is 11.2. The number of aromatic nitrogens is 2. The van der Waals surface area contributed by atoms with Gasteiger partial charge < -0.3 is 15.1 Å². The van der Waals surface area contributed by atoms with Gasteiger partial charge in [0.25, 0.3) is 5.91 Å². The predicted molar refractivity (Wildman–Crippen MR) is 135 cm³/mol. The maximum absolute atomic E-state index is 13.6. The van der Waals surface area contributed by atoms with E-state index < -0.39 is 17.8 Å². The van der Waals surface area contributed by atoms with E-state index in [1.807, 2.05) is 9.58 Å². The average Bonchev–Trinajstić information content (AvgIpc) is 3.30. The molecule has 1 aliphatic carbocycles. The first-order valence-corrected chi connectivity index (χ1v) is 13.8. The number of amides is 3. The molecule has 4 aliphatic rings. The number of carbonyl (C=O) groups excluding carboxylic acids is 3. The molecule has 0 unspecified atom stereocenters. The van der Waals surface area contributed by atoms with E-state index >= 15 is 0 Å². The van der Waals surface area contributed by atoms with E-state index in [2.05, 4.69) is 10.4 Å². The van der Waals surface area contributed by atoms with Crippen LogP contribution in [0.1, 0.15) is 90.0 Å². The van der Waals surface area contributed by atoms with Crippen molar-refractivity contribution in [3.8, 4) is 0 Å². The minimum atomic E-state index is -4.43. The van der Waals surface area contributed by atoms with Gasteiger partial charge in [0, 0.05) is 44.4 Å². The van der Waals surface area contributed by atoms with Crippen LogP contribution in [0.15, 0.2) is 30.5 Å². The Bertz CT molecular complexity index is 1280. The smallest absolute Gasteiger partial charge is 0.344 e. The van der Waals surface area contributed by atoms with Crippen LogP contribution in [-0.4, -0.2) is 69.5 Å². The molecule has 8 nitrogen and oxygen atoms in total. The molecular weight excluding hydrogens is 511 g/mol. The van der Waals surface area contributed by atoms with Gasteiger partial charge in [0.05, 0.1) is 29.1 Å². The van der Waals surface area contributed by atoms with Crippen molar-refractivity contribution in [2.75, 3.05) is 26.2 Å². The number of halogens is 3. The van der Waals surface area contributed by atoms with E-state index in [0.717, 1.165) is 24.6 Å². The first kappa shape index (κ1) is 25.9. The lowest BCUT2D eigenvalue weighted by molar-refractivity contribution is -0.138. The lowest BCUT2D eigenvalue weighted by Crippen LogP contribution is -2.47. The number of nitrogens with zero attached hydrogens (tertiary/aromatic N) is 4. The highest BCUT2D eigenvalue weighted by molar-refractivity contribution is 5.95. The monoisotopic (exact) mass is 543 g/mol. The Morgan fingerprint density at radius 3 is 2.31 bits per heavy atom. The van der Waals surface area contributed by atoms with Gasteiger partial charge >= 0.3 is 6.18 Å². The first-order chi connectivity index (χ1) is 18.7. The molecule has 39 heavy (non-hydrogen) atoms. The highest BCUT2D eigenvalue weighted by Gasteiger charge is 2.41. The molecule has 2 atom stereocenters. The van der Waals surface area contributed by atoms with Crippen LogP contribution in [0.5, 0.6) is 0 Å². The van der Waals surface area contributed by atoms with Crippen LogP contribution in [-0.2, 0) is 15.8 Å². The number of rotatable bonds is 5. The number of piperidine rings is 1. The zero-order valence-corrected chi connectivity index (χ0v) is 21.6. The van der Waals surface area contributed by atoms with Crippen molar-refractivity contribution in [3.05, 3.63) is 52.8 Å². The first-order valence-electron chi connectivity index (χ1n) is 13.8. The molecule has 2 aromatic rings. The van der Waals surface area contributed by atoms with Crippen LogP contribution in [0.25, 0.3) is 0 Å². The topological polar surface area (TPSA) is 87.5 Å². The van der Waals surface area contributed by atoms with E-state index in [0.29, 0.717) is 57.3 Å². The number of hydrogen-bond acceptors (Lipinski definition) is 4. The molecule has 3 saturated heterocycles. The Labute approximate surface area is 224 Å². The Kier molecular flexibility index (Phi) is 6.63. The van der Waals surface area contributed by atoms with Crippen molar-refractivity contribution in [3.63, 3.8) is 0 Å². The molecule has 1 aromatic carbocycles. The molecule has 0 spiro atoms. The Morgan fingerprint density at radius 1 is 0.923 bits per heavy atom. The summed E-state index contributed by atoms with van der Waals surface area (Å²) < 4.78 is 42.7. The molecular formula is C28H32F3N5O3. The summed E-state index contributed by atoms with van der Waals surface area (Å²) in [6.07, 6.45) is 1.97. The number of benzene rings is 1. The van der Waals surface area contributed by atoms with Crippen LogP contribution >= 0.6 is 0 Å². The van der Waals surface area contributed by atoms with Gasteiger partial charge in [-0.3, -0.25) is 19.1 Å². The highest BCUT2D eigenvalue weighted by Crippen LogP contribution is 2.44. The van der Waals surface area contributed by atoms with E-state index in [9.17, 15) is 27.6 Å². The van der Waals surface area contributed by atoms with Crippen molar-refractivity contribution in [1.82, 2.24) is 24.9 Å². The Balaban J connectivity index is 1.15. The van der Waals surface area contributed by atoms with Crippen molar-refractivity contribution in [2.45, 2.75) is 75.0 Å². The van der Waals surface area contributed by atoms with Gasteiger partial charge in [0.15, 0.2) is 0 Å². The molecule has 11 heteroatoms. The summed E-state index contributed by atoms with van der Waals surface area (Å²) in [7, 11) is 0. The normalized spacial score (nSPS) is 24.3. The van der Waals surface area contributed by atoms with Crippen molar-refractivity contribution in [2.24, 2.45) is 0 Å². The second-order valence-electron chi connectivity index (χ2n) is 11.2. The maximum atomic E-state index is 13.6. The van der Waals surface area contributed by atoms with Crippen molar-refractivity contribution < 1.29 is 27.6 Å². The van der Waals surface area contributed by atoms with Crippen LogP contribution in [0.3, 0.4) is 0 Å². The standard InChI is InChI=1S/C28H32F3N5O3/c29-28(30,31)22-4-2-1-3-20(22)18-9-12-35(16-18)26(38)21-15-32-36(25(21)17-5-6-17)19-10-13-34(14-11-19)27(39)23-7-8-24(37)33-23/h1-4,15,17-19,23H,5-14,16H2,(H,33,37)/t18-,23+/m1/s1. The second kappa shape index (κ2) is 9.98. The molecule has 1 aromatic heterocycles. The van der Waals surface area contributed by atoms with Gasteiger partial charge in [0.2, 0.25) is 11.8 Å². The molecule has 6 rings (SSSR count). The lowest BCUT2D eigenvalue weighted by Gasteiger charge is -2.34. The van der Waals surface area contributed by atoms with E-state index in [4.69, 9.17) is 0 Å². The minimum Gasteiger partial charge on any atom is -0.344 e.